The molecule has 1 aliphatic heterocycles. The maximum Gasteiger partial charge on any atom is 0.393 e. The van der Waals surface area contributed by atoms with Crippen molar-refractivity contribution in [2.24, 2.45) is 5.92 Å². The van der Waals surface area contributed by atoms with E-state index in [9.17, 15) is 18.0 Å². The zero-order chi connectivity index (χ0) is 13.9. The van der Waals surface area contributed by atoms with E-state index in [0.29, 0.717) is 12.2 Å². The van der Waals surface area contributed by atoms with Crippen molar-refractivity contribution >= 4 is 24.0 Å². The molecule has 1 fully saturated rings. The molecule has 2 N–H and O–H groups in total. The van der Waals surface area contributed by atoms with Crippen LogP contribution in [0.25, 0.3) is 0 Å². The van der Waals surface area contributed by atoms with Crippen LogP contribution in [0, 0.1) is 5.92 Å². The van der Waals surface area contributed by atoms with Crippen molar-refractivity contribution in [2.75, 3.05) is 18.4 Å². The molecule has 1 aromatic carbocycles. The third-order valence-corrected chi connectivity index (χ3v) is 3.03. The molecule has 0 aliphatic carbocycles. The summed E-state index contributed by atoms with van der Waals surface area (Å²) in [5, 5.41) is 5.74. The van der Waals surface area contributed by atoms with E-state index in [-0.39, 0.29) is 29.8 Å². The van der Waals surface area contributed by atoms with E-state index in [4.69, 9.17) is 0 Å². The summed E-state index contributed by atoms with van der Waals surface area (Å²) in [6.45, 7) is 1.42. The number of amides is 1. The van der Waals surface area contributed by atoms with Crippen LogP contribution < -0.4 is 10.6 Å². The first-order valence-electron chi connectivity index (χ1n) is 6.11. The largest absolute Gasteiger partial charge is 0.393 e. The maximum absolute atomic E-state index is 12.3. The molecule has 1 saturated heterocycles. The number of nitrogens with one attached hydrogen (secondary N) is 2. The number of alkyl halides is 3. The van der Waals surface area contributed by atoms with Gasteiger partial charge in [0.05, 0.1) is 12.3 Å². The molecule has 1 heterocycles. The van der Waals surface area contributed by atoms with Crippen molar-refractivity contribution < 1.29 is 18.0 Å². The van der Waals surface area contributed by atoms with Crippen LogP contribution in [0.3, 0.4) is 0 Å². The van der Waals surface area contributed by atoms with Crippen LogP contribution in [0.1, 0.15) is 12.0 Å². The fraction of sp³-hybridized carbons (Fsp3) is 0.462. The molecular weight excluding hydrogens is 293 g/mol. The van der Waals surface area contributed by atoms with E-state index < -0.39 is 12.6 Å². The van der Waals surface area contributed by atoms with Gasteiger partial charge in [0, 0.05) is 12.2 Å². The van der Waals surface area contributed by atoms with Gasteiger partial charge in [0.1, 0.15) is 0 Å². The van der Waals surface area contributed by atoms with Gasteiger partial charge in [-0.15, -0.1) is 12.4 Å². The Balaban J connectivity index is 0.00000200. The van der Waals surface area contributed by atoms with E-state index in [2.05, 4.69) is 10.6 Å². The first-order valence-corrected chi connectivity index (χ1v) is 6.11. The number of hydrogen-bond donors (Lipinski definition) is 2. The highest BCUT2D eigenvalue weighted by molar-refractivity contribution is 5.92. The predicted octanol–water partition coefficient (Wildman–Crippen LogP) is 2.76. The predicted molar refractivity (Wildman–Crippen MR) is 73.1 cm³/mol. The van der Waals surface area contributed by atoms with Crippen molar-refractivity contribution in [3.05, 3.63) is 29.8 Å². The molecular formula is C13H16ClF3N2O. The lowest BCUT2D eigenvalue weighted by Gasteiger charge is -2.11. The minimum Gasteiger partial charge on any atom is -0.326 e. The Hall–Kier alpha value is -1.27. The molecule has 0 spiro atoms. The van der Waals surface area contributed by atoms with Crippen molar-refractivity contribution in [1.29, 1.82) is 0 Å². The molecule has 7 heteroatoms. The Morgan fingerprint density at radius 3 is 2.75 bits per heavy atom. The molecule has 3 nitrogen and oxygen atoms in total. The summed E-state index contributed by atoms with van der Waals surface area (Å²) in [5.74, 6) is -0.250. The smallest absolute Gasteiger partial charge is 0.326 e. The monoisotopic (exact) mass is 308 g/mol. The quantitative estimate of drug-likeness (QED) is 0.901. The molecule has 1 aliphatic rings. The molecule has 1 amide bonds. The highest BCUT2D eigenvalue weighted by atomic mass is 35.5. The Kier molecular flexibility index (Phi) is 5.83. The van der Waals surface area contributed by atoms with Crippen LogP contribution in [0.2, 0.25) is 0 Å². The summed E-state index contributed by atoms with van der Waals surface area (Å²) < 4.78 is 36.9. The second kappa shape index (κ2) is 6.95. The number of benzene rings is 1. The van der Waals surface area contributed by atoms with Gasteiger partial charge in [-0.05, 0) is 30.7 Å². The van der Waals surface area contributed by atoms with Gasteiger partial charge in [-0.1, -0.05) is 12.1 Å². The van der Waals surface area contributed by atoms with Crippen LogP contribution in [-0.2, 0) is 11.2 Å². The van der Waals surface area contributed by atoms with Gasteiger partial charge < -0.3 is 10.6 Å². The second-order valence-electron chi connectivity index (χ2n) is 4.67. The highest BCUT2D eigenvalue weighted by Gasteiger charge is 2.28. The zero-order valence-corrected chi connectivity index (χ0v) is 11.5. The molecule has 0 bridgehead atoms. The van der Waals surface area contributed by atoms with Crippen molar-refractivity contribution in [3.8, 4) is 0 Å². The van der Waals surface area contributed by atoms with Crippen LogP contribution in [-0.4, -0.2) is 25.2 Å². The van der Waals surface area contributed by atoms with Gasteiger partial charge in [0.25, 0.3) is 0 Å². The lowest BCUT2D eigenvalue weighted by molar-refractivity contribution is -0.127. The molecule has 0 aromatic heterocycles. The summed E-state index contributed by atoms with van der Waals surface area (Å²) in [6, 6.07) is 5.89. The SMILES string of the molecule is Cl.O=C(Nc1cccc(CC(F)(F)F)c1)C1CCNC1. The van der Waals surface area contributed by atoms with Crippen molar-refractivity contribution in [3.63, 3.8) is 0 Å². The molecule has 112 valence electrons. The van der Waals surface area contributed by atoms with Crippen molar-refractivity contribution in [2.45, 2.75) is 19.0 Å². The van der Waals surface area contributed by atoms with Crippen LogP contribution in [0.4, 0.5) is 18.9 Å². The molecule has 0 saturated carbocycles. The first-order chi connectivity index (χ1) is 8.94. The lowest BCUT2D eigenvalue weighted by atomic mass is 10.1. The van der Waals surface area contributed by atoms with E-state index in [0.717, 1.165) is 13.0 Å². The highest BCUT2D eigenvalue weighted by Crippen LogP contribution is 2.23. The average molecular weight is 309 g/mol. The molecule has 1 unspecified atom stereocenters. The number of rotatable bonds is 3. The zero-order valence-electron chi connectivity index (χ0n) is 10.7. The van der Waals surface area contributed by atoms with E-state index >= 15 is 0 Å². The number of carbonyl (C=O) groups is 1. The van der Waals surface area contributed by atoms with E-state index in [1.807, 2.05) is 0 Å². The third kappa shape index (κ3) is 5.02. The number of anilines is 1. The molecule has 2 rings (SSSR count). The summed E-state index contributed by atoms with van der Waals surface area (Å²) in [6.07, 6.45) is -4.46. The van der Waals surface area contributed by atoms with Gasteiger partial charge in [0.2, 0.25) is 5.91 Å². The number of halogens is 4. The standard InChI is InChI=1S/C13H15F3N2O.ClH/c14-13(15,16)7-9-2-1-3-11(6-9)18-12(19)10-4-5-17-8-10;/h1-3,6,10,17H,4-5,7-8H2,(H,18,19);1H. The third-order valence-electron chi connectivity index (χ3n) is 3.03. The molecule has 1 atom stereocenters. The Morgan fingerprint density at radius 1 is 1.40 bits per heavy atom. The topological polar surface area (TPSA) is 41.1 Å². The number of carbonyl (C=O) groups excluding carboxylic acids is 1. The normalized spacial score (nSPS) is 18.4. The van der Waals surface area contributed by atoms with Crippen LogP contribution in [0.15, 0.2) is 24.3 Å². The average Bonchev–Trinajstić information content (AvgIpc) is 2.80. The Morgan fingerprint density at radius 2 is 2.15 bits per heavy atom. The Labute approximate surface area is 121 Å². The van der Waals surface area contributed by atoms with Crippen LogP contribution in [0.5, 0.6) is 0 Å². The summed E-state index contributed by atoms with van der Waals surface area (Å²) in [4.78, 5) is 11.8. The van der Waals surface area contributed by atoms with E-state index in [1.165, 1.54) is 18.2 Å². The summed E-state index contributed by atoms with van der Waals surface area (Å²) in [5.41, 5.74) is 0.563. The molecule has 20 heavy (non-hydrogen) atoms. The summed E-state index contributed by atoms with van der Waals surface area (Å²) >= 11 is 0. The molecule has 0 radical (unpaired) electrons. The van der Waals surface area contributed by atoms with Crippen molar-refractivity contribution in [1.82, 2.24) is 5.32 Å². The van der Waals surface area contributed by atoms with Gasteiger partial charge in [0.15, 0.2) is 0 Å². The van der Waals surface area contributed by atoms with Crippen LogP contribution >= 0.6 is 12.4 Å². The fourth-order valence-electron chi connectivity index (χ4n) is 2.11. The number of hydrogen-bond acceptors (Lipinski definition) is 2. The van der Waals surface area contributed by atoms with Gasteiger partial charge in [-0.2, -0.15) is 13.2 Å². The second-order valence-corrected chi connectivity index (χ2v) is 4.67. The minimum atomic E-state index is -4.24. The van der Waals surface area contributed by atoms with Gasteiger partial charge in [-0.3, -0.25) is 4.79 Å². The van der Waals surface area contributed by atoms with E-state index in [1.54, 1.807) is 6.07 Å². The lowest BCUT2D eigenvalue weighted by Crippen LogP contribution is -2.24. The minimum absolute atomic E-state index is 0. The maximum atomic E-state index is 12.3. The first kappa shape index (κ1) is 16.8. The molecule has 1 aromatic rings. The van der Waals surface area contributed by atoms with Gasteiger partial charge in [-0.25, -0.2) is 0 Å². The summed E-state index contributed by atoms with van der Waals surface area (Å²) in [7, 11) is 0. The van der Waals surface area contributed by atoms with Gasteiger partial charge >= 0.3 is 6.18 Å². The fourth-order valence-corrected chi connectivity index (χ4v) is 2.11. The Bertz CT molecular complexity index is 459.